The predicted molar refractivity (Wildman–Crippen MR) is 71.3 cm³/mol. The molecule has 1 aromatic carbocycles. The molecule has 1 saturated heterocycles. The third-order valence-electron chi connectivity index (χ3n) is 3.67. The maximum Gasteiger partial charge on any atom is 0.223 e. The molecule has 0 bridgehead atoms. The van der Waals surface area contributed by atoms with Crippen molar-refractivity contribution in [3.8, 4) is 0 Å². The highest BCUT2D eigenvalue weighted by Crippen LogP contribution is 2.23. The van der Waals surface area contributed by atoms with Gasteiger partial charge in [0.25, 0.3) is 0 Å². The lowest BCUT2D eigenvalue weighted by molar-refractivity contribution is -0.134. The molecule has 1 amide bonds. The fourth-order valence-corrected chi connectivity index (χ4v) is 2.56. The Bertz CT molecular complexity index is 450. The molecule has 2 atom stereocenters. The Morgan fingerprint density at radius 2 is 2.26 bits per heavy atom. The van der Waals surface area contributed by atoms with Crippen LogP contribution in [-0.4, -0.2) is 35.1 Å². The molecule has 0 radical (unpaired) electrons. The molecule has 1 N–H and O–H groups in total. The molecule has 1 aromatic rings. The van der Waals surface area contributed by atoms with Gasteiger partial charge in [-0.1, -0.05) is 25.1 Å². The SMILES string of the molecule is CC(CC(=O)N1CCCC(O)C1)c1ccccc1F. The maximum absolute atomic E-state index is 13.6. The van der Waals surface area contributed by atoms with Gasteiger partial charge in [0.1, 0.15) is 5.82 Å². The number of piperidine rings is 1. The molecule has 1 aliphatic rings. The third-order valence-corrected chi connectivity index (χ3v) is 3.67. The van der Waals surface area contributed by atoms with E-state index in [2.05, 4.69) is 0 Å². The Labute approximate surface area is 113 Å². The zero-order valence-corrected chi connectivity index (χ0v) is 11.2. The number of benzene rings is 1. The predicted octanol–water partition coefficient (Wildman–Crippen LogP) is 2.30. The summed E-state index contributed by atoms with van der Waals surface area (Å²) in [4.78, 5) is 13.8. The van der Waals surface area contributed by atoms with Crippen LogP contribution in [0.4, 0.5) is 4.39 Å². The molecule has 1 heterocycles. The summed E-state index contributed by atoms with van der Waals surface area (Å²) in [7, 11) is 0. The second kappa shape index (κ2) is 6.15. The number of nitrogens with zero attached hydrogens (tertiary/aromatic N) is 1. The Hall–Kier alpha value is -1.42. The van der Waals surface area contributed by atoms with Crippen molar-refractivity contribution >= 4 is 5.91 Å². The third kappa shape index (κ3) is 3.53. The van der Waals surface area contributed by atoms with E-state index in [0.717, 1.165) is 12.8 Å². The molecule has 2 unspecified atom stereocenters. The number of carbonyl (C=O) groups is 1. The van der Waals surface area contributed by atoms with Crippen molar-refractivity contribution in [2.24, 2.45) is 0 Å². The van der Waals surface area contributed by atoms with Crippen LogP contribution < -0.4 is 0 Å². The fourth-order valence-electron chi connectivity index (χ4n) is 2.56. The van der Waals surface area contributed by atoms with E-state index >= 15 is 0 Å². The van der Waals surface area contributed by atoms with Gasteiger partial charge in [-0.15, -0.1) is 0 Å². The molecule has 1 fully saturated rings. The first-order valence-corrected chi connectivity index (χ1v) is 6.78. The number of aliphatic hydroxyl groups excluding tert-OH is 1. The monoisotopic (exact) mass is 265 g/mol. The van der Waals surface area contributed by atoms with Crippen LogP contribution in [0.3, 0.4) is 0 Å². The van der Waals surface area contributed by atoms with Crippen LogP contribution in [0.5, 0.6) is 0 Å². The number of likely N-dealkylation sites (tertiary alicyclic amines) is 1. The number of amides is 1. The van der Waals surface area contributed by atoms with E-state index in [1.807, 2.05) is 6.92 Å². The van der Waals surface area contributed by atoms with E-state index < -0.39 is 6.10 Å². The molecule has 1 aliphatic heterocycles. The number of halogens is 1. The van der Waals surface area contributed by atoms with Crippen LogP contribution in [0, 0.1) is 5.82 Å². The van der Waals surface area contributed by atoms with Crippen molar-refractivity contribution in [2.75, 3.05) is 13.1 Å². The molecule has 0 aromatic heterocycles. The minimum absolute atomic E-state index is 0.00509. The highest BCUT2D eigenvalue weighted by molar-refractivity contribution is 5.77. The van der Waals surface area contributed by atoms with Gasteiger partial charge in [-0.05, 0) is 30.4 Å². The summed E-state index contributed by atoms with van der Waals surface area (Å²) in [6.45, 7) is 2.96. The van der Waals surface area contributed by atoms with Crippen LogP contribution in [0.25, 0.3) is 0 Å². The topological polar surface area (TPSA) is 40.5 Å². The molecule has 4 heteroatoms. The van der Waals surface area contributed by atoms with Crippen molar-refractivity contribution in [3.05, 3.63) is 35.6 Å². The average molecular weight is 265 g/mol. The number of carbonyl (C=O) groups excluding carboxylic acids is 1. The second-order valence-corrected chi connectivity index (χ2v) is 5.26. The van der Waals surface area contributed by atoms with Crippen LogP contribution >= 0.6 is 0 Å². The standard InChI is InChI=1S/C15H20FNO2/c1-11(13-6-2-3-7-14(13)16)9-15(19)17-8-4-5-12(18)10-17/h2-3,6-7,11-12,18H,4-5,8-10H2,1H3. The molecule has 19 heavy (non-hydrogen) atoms. The van der Waals surface area contributed by atoms with E-state index in [1.54, 1.807) is 23.1 Å². The molecule has 3 nitrogen and oxygen atoms in total. The van der Waals surface area contributed by atoms with Gasteiger partial charge in [0.2, 0.25) is 5.91 Å². The van der Waals surface area contributed by atoms with Gasteiger partial charge in [-0.2, -0.15) is 0 Å². The first-order chi connectivity index (χ1) is 9.08. The molecule has 2 rings (SSSR count). The summed E-state index contributed by atoms with van der Waals surface area (Å²) in [5, 5.41) is 9.57. The summed E-state index contributed by atoms with van der Waals surface area (Å²) in [5.74, 6) is -0.413. The largest absolute Gasteiger partial charge is 0.391 e. The second-order valence-electron chi connectivity index (χ2n) is 5.26. The molecule has 0 spiro atoms. The maximum atomic E-state index is 13.6. The Morgan fingerprint density at radius 1 is 1.53 bits per heavy atom. The number of rotatable bonds is 3. The molecular weight excluding hydrogens is 245 g/mol. The van der Waals surface area contributed by atoms with E-state index in [-0.39, 0.29) is 24.1 Å². The number of hydrogen-bond donors (Lipinski definition) is 1. The fraction of sp³-hybridized carbons (Fsp3) is 0.533. The number of aliphatic hydroxyl groups is 1. The van der Waals surface area contributed by atoms with E-state index in [1.165, 1.54) is 6.07 Å². The van der Waals surface area contributed by atoms with E-state index in [9.17, 15) is 14.3 Å². The lowest BCUT2D eigenvalue weighted by Crippen LogP contribution is -2.42. The van der Waals surface area contributed by atoms with Crippen molar-refractivity contribution in [1.29, 1.82) is 0 Å². The van der Waals surface area contributed by atoms with Crippen molar-refractivity contribution in [3.63, 3.8) is 0 Å². The van der Waals surface area contributed by atoms with Gasteiger partial charge in [0.05, 0.1) is 6.10 Å². The van der Waals surface area contributed by atoms with E-state index in [4.69, 9.17) is 0 Å². The van der Waals surface area contributed by atoms with Gasteiger partial charge in [-0.25, -0.2) is 4.39 Å². The molecule has 104 valence electrons. The Morgan fingerprint density at radius 3 is 2.95 bits per heavy atom. The first kappa shape index (κ1) is 14.0. The first-order valence-electron chi connectivity index (χ1n) is 6.78. The lowest BCUT2D eigenvalue weighted by atomic mass is 9.96. The smallest absolute Gasteiger partial charge is 0.223 e. The molecule has 0 aliphatic carbocycles. The normalized spacial score (nSPS) is 21.2. The number of β-amino-alcohol motifs (C(OH)–C–C–N with tert-alkyl or cyclic N) is 1. The highest BCUT2D eigenvalue weighted by atomic mass is 19.1. The van der Waals surface area contributed by atoms with Crippen molar-refractivity contribution < 1.29 is 14.3 Å². The van der Waals surface area contributed by atoms with Crippen molar-refractivity contribution in [1.82, 2.24) is 4.90 Å². The van der Waals surface area contributed by atoms with Gasteiger partial charge in [-0.3, -0.25) is 4.79 Å². The minimum Gasteiger partial charge on any atom is -0.391 e. The molecular formula is C15H20FNO2. The van der Waals surface area contributed by atoms with Gasteiger partial charge < -0.3 is 10.0 Å². The minimum atomic E-state index is -0.415. The van der Waals surface area contributed by atoms with Gasteiger partial charge >= 0.3 is 0 Å². The van der Waals surface area contributed by atoms with E-state index in [0.29, 0.717) is 18.7 Å². The average Bonchev–Trinajstić information content (AvgIpc) is 2.39. The van der Waals surface area contributed by atoms with Crippen molar-refractivity contribution in [2.45, 2.75) is 38.2 Å². The van der Waals surface area contributed by atoms with Crippen LogP contribution in [-0.2, 0) is 4.79 Å². The zero-order chi connectivity index (χ0) is 13.8. The summed E-state index contributed by atoms with van der Waals surface area (Å²) < 4.78 is 13.6. The van der Waals surface area contributed by atoms with Gasteiger partial charge in [0.15, 0.2) is 0 Å². The molecule has 0 saturated carbocycles. The highest BCUT2D eigenvalue weighted by Gasteiger charge is 2.24. The number of hydrogen-bond acceptors (Lipinski definition) is 2. The quantitative estimate of drug-likeness (QED) is 0.911. The summed E-state index contributed by atoms with van der Waals surface area (Å²) in [6, 6.07) is 6.57. The summed E-state index contributed by atoms with van der Waals surface area (Å²) in [5.41, 5.74) is 0.577. The lowest BCUT2D eigenvalue weighted by Gasteiger charge is -2.31. The summed E-state index contributed by atoms with van der Waals surface area (Å²) in [6.07, 6.45) is 1.46. The Kier molecular flexibility index (Phi) is 4.53. The van der Waals surface area contributed by atoms with Crippen LogP contribution in [0.15, 0.2) is 24.3 Å². The van der Waals surface area contributed by atoms with Crippen LogP contribution in [0.1, 0.15) is 37.7 Å². The Balaban J connectivity index is 1.97. The summed E-state index contributed by atoms with van der Waals surface area (Å²) >= 11 is 0. The zero-order valence-electron chi connectivity index (χ0n) is 11.2. The van der Waals surface area contributed by atoms with Crippen LogP contribution in [0.2, 0.25) is 0 Å². The van der Waals surface area contributed by atoms with Gasteiger partial charge in [0, 0.05) is 19.5 Å².